The lowest BCUT2D eigenvalue weighted by Crippen LogP contribution is -2.54. The molecule has 9 saturated carbocycles. The predicted octanol–water partition coefficient (Wildman–Crippen LogP) is 15.3. The van der Waals surface area contributed by atoms with E-state index in [0.717, 1.165) is 89.9 Å². The van der Waals surface area contributed by atoms with Crippen molar-refractivity contribution in [2.24, 2.45) is 35.5 Å². The fraction of sp³-hybridized carbons (Fsp3) is 1.00. The normalized spacial score (nSPS) is 42.1. The van der Waals surface area contributed by atoms with Gasteiger partial charge in [-0.25, -0.2) is 0 Å². The minimum Gasteiger partial charge on any atom is -0.294 e. The minimum atomic E-state index is 0.908. The number of rotatable bonds is 11. The molecule has 0 radical (unpaired) electrons. The van der Waals surface area contributed by atoms with E-state index < -0.39 is 0 Å². The maximum Gasteiger partial charge on any atom is 0.0104 e. The molecule has 3 nitrogen and oxygen atoms in total. The van der Waals surface area contributed by atoms with Gasteiger partial charge in [-0.3, -0.25) is 14.7 Å². The van der Waals surface area contributed by atoms with Crippen LogP contribution in [0.1, 0.15) is 264 Å². The largest absolute Gasteiger partial charge is 0.294 e. The molecule has 9 aliphatic carbocycles. The zero-order valence-corrected chi connectivity index (χ0v) is 39.6. The van der Waals surface area contributed by atoms with Gasteiger partial charge < -0.3 is 0 Å². The van der Waals surface area contributed by atoms with Gasteiger partial charge in [0.05, 0.1) is 0 Å². The van der Waals surface area contributed by atoms with Crippen molar-refractivity contribution in [2.75, 3.05) is 0 Å². The molecule has 0 amide bonds. The summed E-state index contributed by atoms with van der Waals surface area (Å²) in [7, 11) is 0. The summed E-state index contributed by atoms with van der Waals surface area (Å²) in [6.07, 6.45) is 59.3. The van der Waals surface area contributed by atoms with Crippen molar-refractivity contribution >= 4 is 0 Å². The van der Waals surface area contributed by atoms with E-state index >= 15 is 0 Å². The van der Waals surface area contributed by atoms with Gasteiger partial charge in [-0.1, -0.05) is 97.3 Å². The molecule has 0 heterocycles. The van der Waals surface area contributed by atoms with E-state index in [1.54, 1.807) is 51.4 Å². The Morgan fingerprint density at radius 2 is 0.424 bits per heavy atom. The second-order valence-corrected chi connectivity index (χ2v) is 24.3. The van der Waals surface area contributed by atoms with Crippen LogP contribution >= 0.6 is 0 Å². The van der Waals surface area contributed by atoms with Gasteiger partial charge in [0.15, 0.2) is 0 Å². The molecule has 0 saturated heterocycles. The Labute approximate surface area is 367 Å². The maximum atomic E-state index is 3.31. The highest BCUT2D eigenvalue weighted by molar-refractivity contribution is 4.98. The Kier molecular flexibility index (Phi) is 16.2. The first-order chi connectivity index (χ1) is 29.1. The van der Waals surface area contributed by atoms with Gasteiger partial charge in [0.1, 0.15) is 0 Å². The molecule has 9 rings (SSSR count). The fourth-order valence-electron chi connectivity index (χ4n) is 17.7. The summed E-state index contributed by atoms with van der Waals surface area (Å²) in [5.41, 5.74) is 0. The van der Waals surface area contributed by atoms with Crippen LogP contribution in [0.3, 0.4) is 0 Å². The third kappa shape index (κ3) is 11.1. The molecule has 9 aliphatic rings. The molecule has 0 bridgehead atoms. The van der Waals surface area contributed by atoms with Crippen LogP contribution in [0.25, 0.3) is 0 Å². The van der Waals surface area contributed by atoms with Crippen LogP contribution in [-0.4, -0.2) is 69.1 Å². The zero-order valence-electron chi connectivity index (χ0n) is 39.6. The van der Waals surface area contributed by atoms with E-state index in [1.165, 1.54) is 199 Å². The van der Waals surface area contributed by atoms with E-state index in [-0.39, 0.29) is 0 Å². The van der Waals surface area contributed by atoms with Crippen LogP contribution in [-0.2, 0) is 0 Å². The average molecular weight is 814 g/mol. The predicted molar refractivity (Wildman–Crippen MR) is 252 cm³/mol. The second kappa shape index (κ2) is 21.7. The summed E-state index contributed by atoms with van der Waals surface area (Å²) in [6.45, 7) is 5.12. The molecule has 0 N–H and O–H groups in total. The number of nitrogens with zero attached hydrogens (tertiary/aromatic N) is 3. The molecule has 0 spiro atoms. The Balaban J connectivity index is 0.761. The van der Waals surface area contributed by atoms with Crippen molar-refractivity contribution < 1.29 is 0 Å². The quantitative estimate of drug-likeness (QED) is 0.206. The Hall–Kier alpha value is -0.120. The third-order valence-electron chi connectivity index (χ3n) is 20.6. The lowest BCUT2D eigenvalue weighted by Gasteiger charge is -2.52. The van der Waals surface area contributed by atoms with E-state index in [4.69, 9.17) is 0 Å². The molecule has 4 unspecified atom stereocenters. The first-order valence-corrected chi connectivity index (χ1v) is 28.4. The maximum absolute atomic E-state index is 3.31. The van der Waals surface area contributed by atoms with Crippen LogP contribution in [0.5, 0.6) is 0 Å². The molecule has 0 aromatic rings. The van der Waals surface area contributed by atoms with Crippen molar-refractivity contribution in [1.82, 2.24) is 14.7 Å². The summed E-state index contributed by atoms with van der Waals surface area (Å²) < 4.78 is 0. The van der Waals surface area contributed by atoms with Gasteiger partial charge in [-0.15, -0.1) is 0 Å². The fourth-order valence-corrected chi connectivity index (χ4v) is 17.7. The van der Waals surface area contributed by atoms with Crippen LogP contribution in [0, 0.1) is 35.5 Å². The third-order valence-corrected chi connectivity index (χ3v) is 20.6. The first kappa shape index (κ1) is 44.1. The van der Waals surface area contributed by atoms with Gasteiger partial charge in [0.25, 0.3) is 0 Å². The van der Waals surface area contributed by atoms with Crippen LogP contribution < -0.4 is 0 Å². The molecule has 0 aromatic heterocycles. The highest BCUT2D eigenvalue weighted by atomic mass is 15.2. The molecule has 4 atom stereocenters. The van der Waals surface area contributed by atoms with E-state index in [0.29, 0.717) is 0 Å². The zero-order chi connectivity index (χ0) is 40.0. The van der Waals surface area contributed by atoms with Crippen molar-refractivity contribution in [3.8, 4) is 0 Å². The van der Waals surface area contributed by atoms with Gasteiger partial charge in [-0.2, -0.15) is 0 Å². The summed E-state index contributed by atoms with van der Waals surface area (Å²) >= 11 is 0. The first-order valence-electron chi connectivity index (χ1n) is 28.4. The second-order valence-electron chi connectivity index (χ2n) is 24.3. The smallest absolute Gasteiger partial charge is 0.0104 e. The molecular weight excluding hydrogens is 715 g/mol. The van der Waals surface area contributed by atoms with E-state index in [9.17, 15) is 0 Å². The molecule has 9 fully saturated rings. The van der Waals surface area contributed by atoms with Crippen molar-refractivity contribution in [2.45, 2.75) is 319 Å². The average Bonchev–Trinajstić information content (AvgIpc) is 3.29. The SMILES string of the molecule is CC1CCCC(N(C2CCCCC2)C2CCC(C3CCC(N(C4CCCCC4)C4CCC(C5CCC(N(C6CCCCC6)C6CCCC(C)C6)CC5)CC4)CC3)CC2)C1. The van der Waals surface area contributed by atoms with Gasteiger partial charge in [-0.05, 0) is 202 Å². The molecule has 3 heteroatoms. The minimum absolute atomic E-state index is 0.908. The van der Waals surface area contributed by atoms with Crippen molar-refractivity contribution in [3.63, 3.8) is 0 Å². The van der Waals surface area contributed by atoms with Crippen molar-refractivity contribution in [3.05, 3.63) is 0 Å². The highest BCUT2D eigenvalue weighted by Gasteiger charge is 2.43. The molecule has 0 aromatic carbocycles. The summed E-state index contributed by atoms with van der Waals surface area (Å²) in [6, 6.07) is 8.21. The standard InChI is InChI=1S/C56H99N3/c1-42-14-12-22-55(40-42)58(49-18-8-4-9-19-49)53-36-28-46(29-37-53)44-24-32-51(33-25-44)57(48-16-6-3-7-17-48)52-34-26-45(27-35-52)47-30-38-54(39-31-47)59(50-20-10-5-11-21-50)56-23-13-15-43(2)41-56/h42-56H,3-41H2,1-2H3. The van der Waals surface area contributed by atoms with Gasteiger partial charge in [0.2, 0.25) is 0 Å². The lowest BCUT2D eigenvalue weighted by molar-refractivity contribution is -0.0167. The number of hydrogen-bond donors (Lipinski definition) is 0. The van der Waals surface area contributed by atoms with Crippen LogP contribution in [0.4, 0.5) is 0 Å². The highest BCUT2D eigenvalue weighted by Crippen LogP contribution is 2.47. The van der Waals surface area contributed by atoms with Crippen LogP contribution in [0.15, 0.2) is 0 Å². The Bertz CT molecular complexity index is 1100. The number of hydrogen-bond acceptors (Lipinski definition) is 3. The summed E-state index contributed by atoms with van der Waals surface area (Å²) in [4.78, 5) is 9.77. The molecule has 338 valence electrons. The van der Waals surface area contributed by atoms with Crippen LogP contribution in [0.2, 0.25) is 0 Å². The summed E-state index contributed by atoms with van der Waals surface area (Å²) in [5, 5.41) is 0. The van der Waals surface area contributed by atoms with Crippen molar-refractivity contribution in [1.29, 1.82) is 0 Å². The molecule has 59 heavy (non-hydrogen) atoms. The topological polar surface area (TPSA) is 9.72 Å². The molecular formula is C56H99N3. The molecule has 0 aliphatic heterocycles. The Morgan fingerprint density at radius 3 is 0.678 bits per heavy atom. The lowest BCUT2D eigenvalue weighted by atomic mass is 9.69. The monoisotopic (exact) mass is 814 g/mol. The van der Waals surface area contributed by atoms with E-state index in [1.807, 2.05) is 0 Å². The van der Waals surface area contributed by atoms with Gasteiger partial charge >= 0.3 is 0 Å². The van der Waals surface area contributed by atoms with E-state index in [2.05, 4.69) is 28.5 Å². The Morgan fingerprint density at radius 1 is 0.203 bits per heavy atom. The summed E-state index contributed by atoms with van der Waals surface area (Å²) in [5.74, 6) is 6.08. The van der Waals surface area contributed by atoms with Gasteiger partial charge in [0, 0.05) is 54.4 Å².